The van der Waals surface area contributed by atoms with E-state index >= 15 is 0 Å². The average Bonchev–Trinajstić information content (AvgIpc) is 3.56. The number of carbonyl (C=O) groups is 2. The Morgan fingerprint density at radius 2 is 1.72 bits per heavy atom. The summed E-state index contributed by atoms with van der Waals surface area (Å²) in [5.41, 5.74) is 5.04. The Bertz CT molecular complexity index is 1910. The van der Waals surface area contributed by atoms with Crippen LogP contribution in [0.15, 0.2) is 60.7 Å². The maximum absolute atomic E-state index is 14.4. The maximum atomic E-state index is 14.4. The Morgan fingerprint density at radius 3 is 2.34 bits per heavy atom. The molecule has 7 rings (SSSR count). The van der Waals surface area contributed by atoms with Crippen LogP contribution in [0.25, 0.3) is 11.1 Å². The summed E-state index contributed by atoms with van der Waals surface area (Å²) in [4.78, 5) is 39.0. The molecule has 0 radical (unpaired) electrons. The van der Waals surface area contributed by atoms with Gasteiger partial charge in [-0.1, -0.05) is 57.2 Å². The molecule has 3 aromatic rings. The van der Waals surface area contributed by atoms with Crippen molar-refractivity contribution >= 4 is 17.4 Å². The van der Waals surface area contributed by atoms with Crippen LogP contribution in [0.1, 0.15) is 68.4 Å². The van der Waals surface area contributed by atoms with Gasteiger partial charge in [-0.2, -0.15) is 5.06 Å². The first-order chi connectivity index (χ1) is 27.6. The highest BCUT2D eigenvalue weighted by atomic mass is 16.7. The van der Waals surface area contributed by atoms with E-state index in [2.05, 4.69) is 31.0 Å². The predicted octanol–water partition coefficient (Wildman–Crippen LogP) is 6.09. The standard InChI is InChI=1S/C47H66N4O7/c1-28-32(19-35-24-39(28)47(35,3)4)23-40(54)44-43(29(2)53)42(27-52)58-51(44)25-31-15-13-16-38(45(31)57-10)33-18-34(22-37(21-33)50(7)8)46(55)48-36(26-49(5)6)20-30-14-11-12-17-41(30)56-9/h11-18,21-22,28-29,32,35-36,39,42-44,52-53H,19-20,23-27H2,1-10H3,(H,48,55)/t28-,29+,32-,35+,36+,39+,42+,43-,44-/m1/s1. The second kappa shape index (κ2) is 18.1. The number of aliphatic hydroxyl groups is 2. The van der Waals surface area contributed by atoms with E-state index in [-0.39, 0.29) is 36.8 Å². The van der Waals surface area contributed by atoms with Gasteiger partial charge in [0.2, 0.25) is 0 Å². The van der Waals surface area contributed by atoms with E-state index in [0.29, 0.717) is 53.9 Å². The lowest BCUT2D eigenvalue weighted by atomic mass is 9.43. The van der Waals surface area contributed by atoms with Crippen LogP contribution in [-0.2, 0) is 22.6 Å². The number of hydrogen-bond acceptors (Lipinski definition) is 10. The number of benzene rings is 3. The van der Waals surface area contributed by atoms with Gasteiger partial charge >= 0.3 is 0 Å². The number of Topliss-reactive ketones (excluding diaryl/α,β-unsaturated/α-hetero) is 1. The summed E-state index contributed by atoms with van der Waals surface area (Å²) in [5, 5.41) is 26.4. The van der Waals surface area contributed by atoms with E-state index in [1.807, 2.05) is 93.8 Å². The highest BCUT2D eigenvalue weighted by Gasteiger charge is 2.57. The number of amides is 1. The number of nitrogens with one attached hydrogen (secondary N) is 1. The number of aliphatic hydroxyl groups excluding tert-OH is 2. The van der Waals surface area contributed by atoms with Crippen molar-refractivity contribution in [3.63, 3.8) is 0 Å². The van der Waals surface area contributed by atoms with Crippen LogP contribution >= 0.6 is 0 Å². The highest BCUT2D eigenvalue weighted by molar-refractivity contribution is 5.97. The molecule has 11 heteroatoms. The van der Waals surface area contributed by atoms with E-state index < -0.39 is 24.2 Å². The third-order valence-corrected chi connectivity index (χ3v) is 13.6. The zero-order valence-corrected chi connectivity index (χ0v) is 36.2. The van der Waals surface area contributed by atoms with Crippen molar-refractivity contribution in [1.82, 2.24) is 15.3 Å². The molecule has 1 heterocycles. The van der Waals surface area contributed by atoms with Crippen molar-refractivity contribution in [3.8, 4) is 22.6 Å². The van der Waals surface area contributed by atoms with Crippen molar-refractivity contribution in [2.75, 3.05) is 60.5 Å². The van der Waals surface area contributed by atoms with Crippen molar-refractivity contribution in [2.24, 2.45) is 35.0 Å². The molecule has 9 atom stereocenters. The molecule has 3 aliphatic carbocycles. The SMILES string of the molecule is COc1ccccc1C[C@@H](CN(C)C)NC(=O)c1cc(-c2cccc(CN3O[C@@H](CO)[C@@H]([C@H](C)O)[C@H]3C(=O)C[C@H]3C[C@H]4C[C@@H]([C@@H]3C)C4(C)C)c2OC)cc(N(C)C)c1. The fourth-order valence-electron chi connectivity index (χ4n) is 10.4. The average molecular weight is 799 g/mol. The molecule has 1 amide bonds. The second-order valence-electron chi connectivity index (χ2n) is 18.2. The number of ketones is 1. The molecule has 316 valence electrons. The summed E-state index contributed by atoms with van der Waals surface area (Å²) in [5.74, 6) is 2.59. The van der Waals surface area contributed by atoms with Gasteiger partial charge in [0.05, 0.1) is 33.5 Å². The van der Waals surface area contributed by atoms with Crippen LogP contribution < -0.4 is 19.7 Å². The van der Waals surface area contributed by atoms with Crippen molar-refractivity contribution < 1.29 is 34.1 Å². The predicted molar refractivity (Wildman–Crippen MR) is 228 cm³/mol. The van der Waals surface area contributed by atoms with Gasteiger partial charge in [-0.3, -0.25) is 14.4 Å². The van der Waals surface area contributed by atoms with E-state index in [1.54, 1.807) is 26.2 Å². The first kappa shape index (κ1) is 43.6. The van der Waals surface area contributed by atoms with Gasteiger partial charge in [0.25, 0.3) is 5.91 Å². The Labute approximate surface area is 345 Å². The number of anilines is 1. The number of nitrogens with zero attached hydrogens (tertiary/aromatic N) is 3. The summed E-state index contributed by atoms with van der Waals surface area (Å²) in [6.07, 6.45) is 1.69. The van der Waals surface area contributed by atoms with Crippen LogP contribution in [-0.4, -0.2) is 112 Å². The lowest BCUT2D eigenvalue weighted by Gasteiger charge is -2.62. The maximum Gasteiger partial charge on any atom is 0.251 e. The summed E-state index contributed by atoms with van der Waals surface area (Å²) in [6, 6.07) is 18.6. The fourth-order valence-corrected chi connectivity index (χ4v) is 10.4. The van der Waals surface area contributed by atoms with Crippen molar-refractivity contribution in [1.29, 1.82) is 0 Å². The van der Waals surface area contributed by atoms with Crippen molar-refractivity contribution in [3.05, 3.63) is 77.4 Å². The number of fused-ring (bicyclic) bond motifs is 2. The quantitative estimate of drug-likeness (QED) is 0.148. The van der Waals surface area contributed by atoms with E-state index in [1.165, 1.54) is 6.42 Å². The number of likely N-dealkylation sites (N-methyl/N-ethyl adjacent to an activating group) is 1. The number of ether oxygens (including phenoxy) is 2. The van der Waals surface area contributed by atoms with Gasteiger partial charge < -0.3 is 34.8 Å². The molecule has 11 nitrogen and oxygen atoms in total. The Hall–Kier alpha value is -4.00. The number of para-hydroxylation sites is 2. The van der Waals surface area contributed by atoms with Gasteiger partial charge in [0.1, 0.15) is 23.6 Å². The highest BCUT2D eigenvalue weighted by Crippen LogP contribution is 2.63. The molecule has 58 heavy (non-hydrogen) atoms. The second-order valence-corrected chi connectivity index (χ2v) is 18.2. The Kier molecular flexibility index (Phi) is 13.6. The summed E-state index contributed by atoms with van der Waals surface area (Å²) < 4.78 is 11.8. The van der Waals surface area contributed by atoms with Crippen LogP contribution in [0, 0.1) is 35.0 Å². The minimum absolute atomic E-state index is 0.0422. The van der Waals surface area contributed by atoms with Crippen LogP contribution in [0.5, 0.6) is 11.5 Å². The van der Waals surface area contributed by atoms with E-state index in [4.69, 9.17) is 14.3 Å². The molecule has 1 aliphatic heterocycles. The summed E-state index contributed by atoms with van der Waals surface area (Å²) in [6.45, 7) is 9.21. The van der Waals surface area contributed by atoms with E-state index in [9.17, 15) is 19.8 Å². The van der Waals surface area contributed by atoms with Gasteiger partial charge in [0, 0.05) is 61.4 Å². The number of carbonyl (C=O) groups excluding carboxylic acids is 2. The van der Waals surface area contributed by atoms with Crippen LogP contribution in [0.3, 0.4) is 0 Å². The number of rotatable bonds is 17. The number of hydroxylamine groups is 2. The molecule has 3 aromatic carbocycles. The van der Waals surface area contributed by atoms with E-state index in [0.717, 1.165) is 40.1 Å². The molecule has 1 saturated heterocycles. The molecule has 3 N–H and O–H groups in total. The first-order valence-corrected chi connectivity index (χ1v) is 20.9. The van der Waals surface area contributed by atoms with Crippen LogP contribution in [0.2, 0.25) is 0 Å². The fraction of sp³-hybridized carbons (Fsp3) is 0.574. The monoisotopic (exact) mass is 798 g/mol. The van der Waals surface area contributed by atoms with Gasteiger partial charge in [-0.15, -0.1) is 0 Å². The lowest BCUT2D eigenvalue weighted by molar-refractivity contribution is -0.183. The molecule has 0 spiro atoms. The third kappa shape index (κ3) is 8.94. The third-order valence-electron chi connectivity index (χ3n) is 13.6. The van der Waals surface area contributed by atoms with Crippen molar-refractivity contribution in [2.45, 2.75) is 84.2 Å². The molecular weight excluding hydrogens is 733 g/mol. The lowest BCUT2D eigenvalue weighted by Crippen LogP contribution is -2.55. The molecule has 4 aliphatic rings. The molecule has 2 bridgehead atoms. The van der Waals surface area contributed by atoms with Crippen LogP contribution in [0.4, 0.5) is 5.69 Å². The smallest absolute Gasteiger partial charge is 0.251 e. The number of methoxy groups -OCH3 is 2. The minimum Gasteiger partial charge on any atom is -0.496 e. The van der Waals surface area contributed by atoms with Gasteiger partial charge in [-0.05, 0) is 105 Å². The zero-order valence-electron chi connectivity index (χ0n) is 36.2. The minimum atomic E-state index is -0.870. The molecule has 0 aromatic heterocycles. The summed E-state index contributed by atoms with van der Waals surface area (Å²) in [7, 11) is 11.2. The molecule has 3 saturated carbocycles. The topological polar surface area (TPSA) is 124 Å². The van der Waals surface area contributed by atoms with Gasteiger partial charge in [0.15, 0.2) is 5.78 Å². The molecule has 4 fully saturated rings. The summed E-state index contributed by atoms with van der Waals surface area (Å²) >= 11 is 0. The largest absolute Gasteiger partial charge is 0.496 e. The first-order valence-electron chi connectivity index (χ1n) is 20.9. The number of hydrogen-bond donors (Lipinski definition) is 3. The Balaban J connectivity index is 1.29. The normalized spacial score (nSPS) is 26.1. The molecule has 0 unspecified atom stereocenters. The van der Waals surface area contributed by atoms with Gasteiger partial charge in [-0.25, -0.2) is 0 Å². The Morgan fingerprint density at radius 1 is 1.00 bits per heavy atom. The zero-order chi connectivity index (χ0) is 42.1. The molecular formula is C47H66N4O7.